The first kappa shape index (κ1) is 13.9. The normalized spacial score (nSPS) is 15.3. The van der Waals surface area contributed by atoms with Crippen LogP contribution in [0.15, 0.2) is 24.8 Å². The van der Waals surface area contributed by atoms with E-state index in [2.05, 4.69) is 19.9 Å². The molecule has 0 saturated carbocycles. The molecule has 7 heteroatoms. The van der Waals surface area contributed by atoms with Gasteiger partial charge >= 0.3 is 0 Å². The van der Waals surface area contributed by atoms with Gasteiger partial charge in [-0.2, -0.15) is 0 Å². The van der Waals surface area contributed by atoms with E-state index in [1.165, 1.54) is 0 Å². The summed E-state index contributed by atoms with van der Waals surface area (Å²) in [5.41, 5.74) is 1.36. The number of imidazole rings is 1. The molecule has 0 radical (unpaired) electrons. The smallest absolute Gasteiger partial charge is 0.255 e. The Morgan fingerprint density at radius 3 is 2.71 bits per heavy atom. The summed E-state index contributed by atoms with van der Waals surface area (Å²) in [6.45, 7) is 4.67. The summed E-state index contributed by atoms with van der Waals surface area (Å²) in [5.74, 6) is 0.837. The minimum atomic E-state index is -0.0124. The first-order valence-electron chi connectivity index (χ1n) is 6.80. The van der Waals surface area contributed by atoms with Crippen LogP contribution in [0.1, 0.15) is 15.9 Å². The summed E-state index contributed by atoms with van der Waals surface area (Å²) in [7, 11) is 0. The number of hydrogen-bond donors (Lipinski definition) is 1. The summed E-state index contributed by atoms with van der Waals surface area (Å²) >= 11 is 6.03. The fourth-order valence-corrected chi connectivity index (χ4v) is 2.59. The van der Waals surface area contributed by atoms with Crippen LogP contribution < -0.4 is 4.90 Å². The number of hydrogen-bond acceptors (Lipinski definition) is 4. The molecule has 3 rings (SSSR count). The van der Waals surface area contributed by atoms with E-state index in [0.717, 1.165) is 24.6 Å². The van der Waals surface area contributed by atoms with E-state index in [-0.39, 0.29) is 5.91 Å². The van der Waals surface area contributed by atoms with Gasteiger partial charge in [0.2, 0.25) is 5.95 Å². The number of nitrogens with zero attached hydrogens (tertiary/aromatic N) is 4. The van der Waals surface area contributed by atoms with Crippen molar-refractivity contribution < 1.29 is 4.79 Å². The van der Waals surface area contributed by atoms with E-state index >= 15 is 0 Å². The van der Waals surface area contributed by atoms with Crippen molar-refractivity contribution >= 4 is 23.5 Å². The Morgan fingerprint density at radius 2 is 2.05 bits per heavy atom. The Hall–Kier alpha value is -2.08. The van der Waals surface area contributed by atoms with Crippen LogP contribution in [0.4, 0.5) is 5.95 Å². The molecule has 3 heterocycles. The van der Waals surface area contributed by atoms with E-state index in [9.17, 15) is 4.79 Å². The maximum absolute atomic E-state index is 12.6. The monoisotopic (exact) mass is 305 g/mol. The molecule has 1 aliphatic heterocycles. The summed E-state index contributed by atoms with van der Waals surface area (Å²) in [4.78, 5) is 27.8. The summed E-state index contributed by atoms with van der Waals surface area (Å²) in [6.07, 6.45) is 6.67. The highest BCUT2D eigenvalue weighted by Gasteiger charge is 2.24. The van der Waals surface area contributed by atoms with Crippen molar-refractivity contribution in [2.24, 2.45) is 0 Å². The Morgan fingerprint density at radius 1 is 1.29 bits per heavy atom. The lowest BCUT2D eigenvalue weighted by Crippen LogP contribution is -2.49. The Labute approximate surface area is 127 Å². The SMILES string of the molecule is Cc1c(Cl)cncc1C(=O)N1CCN(c2ncc[nH]2)CC1. The van der Waals surface area contributed by atoms with Crippen LogP contribution in [0, 0.1) is 6.92 Å². The minimum absolute atomic E-state index is 0.0124. The topological polar surface area (TPSA) is 65.1 Å². The number of amides is 1. The zero-order valence-corrected chi connectivity index (χ0v) is 12.5. The zero-order valence-electron chi connectivity index (χ0n) is 11.7. The van der Waals surface area contributed by atoms with Crippen molar-refractivity contribution in [2.45, 2.75) is 6.92 Å². The third kappa shape index (κ3) is 2.71. The van der Waals surface area contributed by atoms with Gasteiger partial charge in [-0.3, -0.25) is 9.78 Å². The molecule has 1 amide bonds. The predicted octanol–water partition coefficient (Wildman–Crippen LogP) is 1.73. The summed E-state index contributed by atoms with van der Waals surface area (Å²) in [5, 5.41) is 0.523. The molecule has 0 aromatic carbocycles. The second-order valence-electron chi connectivity index (χ2n) is 4.99. The van der Waals surface area contributed by atoms with E-state index in [0.29, 0.717) is 23.7 Å². The van der Waals surface area contributed by atoms with Crippen molar-refractivity contribution in [3.63, 3.8) is 0 Å². The first-order valence-corrected chi connectivity index (χ1v) is 7.18. The van der Waals surface area contributed by atoms with Crippen LogP contribution in [-0.4, -0.2) is 51.9 Å². The molecule has 1 aliphatic rings. The quantitative estimate of drug-likeness (QED) is 0.917. The standard InChI is InChI=1S/C14H16ClN5O/c1-10-11(8-16-9-12(10)15)13(21)19-4-6-20(7-5-19)14-17-2-3-18-14/h2-3,8-9H,4-7H2,1H3,(H,17,18). The molecule has 1 N–H and O–H groups in total. The molecule has 110 valence electrons. The van der Waals surface area contributed by atoms with Crippen molar-refractivity contribution in [3.8, 4) is 0 Å². The number of nitrogens with one attached hydrogen (secondary N) is 1. The number of halogens is 1. The van der Waals surface area contributed by atoms with Gasteiger partial charge in [0, 0.05) is 51.0 Å². The summed E-state index contributed by atoms with van der Waals surface area (Å²) in [6, 6.07) is 0. The fourth-order valence-electron chi connectivity index (χ4n) is 2.44. The summed E-state index contributed by atoms with van der Waals surface area (Å²) < 4.78 is 0. The number of carbonyl (C=O) groups excluding carboxylic acids is 1. The van der Waals surface area contributed by atoms with Gasteiger partial charge in [-0.05, 0) is 12.5 Å². The number of pyridine rings is 1. The second-order valence-corrected chi connectivity index (χ2v) is 5.39. The molecule has 1 fully saturated rings. The lowest BCUT2D eigenvalue weighted by Gasteiger charge is -2.34. The lowest BCUT2D eigenvalue weighted by atomic mass is 10.1. The maximum atomic E-state index is 12.6. The number of aromatic amines is 1. The minimum Gasteiger partial charge on any atom is -0.339 e. The van der Waals surface area contributed by atoms with E-state index < -0.39 is 0 Å². The number of anilines is 1. The number of aromatic nitrogens is 3. The number of rotatable bonds is 2. The average molecular weight is 306 g/mol. The molecule has 2 aromatic rings. The molecule has 0 unspecified atom stereocenters. The van der Waals surface area contributed by atoms with Crippen LogP contribution in [0.2, 0.25) is 5.02 Å². The molecule has 0 spiro atoms. The van der Waals surface area contributed by atoms with Crippen LogP contribution in [0.3, 0.4) is 0 Å². The molecular formula is C14H16ClN5O. The largest absolute Gasteiger partial charge is 0.339 e. The average Bonchev–Trinajstić information content (AvgIpc) is 3.04. The molecule has 0 atom stereocenters. The van der Waals surface area contributed by atoms with Crippen molar-refractivity contribution in [1.82, 2.24) is 19.9 Å². The number of carbonyl (C=O) groups is 1. The van der Waals surface area contributed by atoms with Crippen LogP contribution >= 0.6 is 11.6 Å². The lowest BCUT2D eigenvalue weighted by molar-refractivity contribution is 0.0745. The predicted molar refractivity (Wildman–Crippen MR) is 80.7 cm³/mol. The van der Waals surface area contributed by atoms with Crippen molar-refractivity contribution in [1.29, 1.82) is 0 Å². The van der Waals surface area contributed by atoms with Gasteiger partial charge in [-0.15, -0.1) is 0 Å². The van der Waals surface area contributed by atoms with Crippen LogP contribution in [0.25, 0.3) is 0 Å². The van der Waals surface area contributed by atoms with Crippen molar-refractivity contribution in [2.75, 3.05) is 31.1 Å². The second kappa shape index (κ2) is 5.73. The Kier molecular flexibility index (Phi) is 3.79. The van der Waals surface area contributed by atoms with E-state index in [4.69, 9.17) is 11.6 Å². The van der Waals surface area contributed by atoms with Gasteiger partial charge in [0.25, 0.3) is 5.91 Å². The van der Waals surface area contributed by atoms with Crippen LogP contribution in [-0.2, 0) is 0 Å². The fraction of sp³-hybridized carbons (Fsp3) is 0.357. The van der Waals surface area contributed by atoms with Crippen LogP contribution in [0.5, 0.6) is 0 Å². The first-order chi connectivity index (χ1) is 10.2. The van der Waals surface area contributed by atoms with Gasteiger partial charge in [0.15, 0.2) is 0 Å². The third-order valence-electron chi connectivity index (χ3n) is 3.73. The zero-order chi connectivity index (χ0) is 14.8. The van der Waals surface area contributed by atoms with Crippen molar-refractivity contribution in [3.05, 3.63) is 40.9 Å². The highest BCUT2D eigenvalue weighted by molar-refractivity contribution is 6.31. The maximum Gasteiger partial charge on any atom is 0.255 e. The highest BCUT2D eigenvalue weighted by Crippen LogP contribution is 2.19. The highest BCUT2D eigenvalue weighted by atomic mass is 35.5. The Bertz CT molecular complexity index is 635. The van der Waals surface area contributed by atoms with Gasteiger partial charge < -0.3 is 14.8 Å². The van der Waals surface area contributed by atoms with E-state index in [1.54, 1.807) is 24.8 Å². The molecule has 6 nitrogen and oxygen atoms in total. The van der Waals surface area contributed by atoms with Gasteiger partial charge in [-0.25, -0.2) is 4.98 Å². The molecule has 0 aliphatic carbocycles. The van der Waals surface area contributed by atoms with E-state index in [1.807, 2.05) is 11.8 Å². The molecular weight excluding hydrogens is 290 g/mol. The molecule has 1 saturated heterocycles. The number of H-pyrrole nitrogens is 1. The molecule has 21 heavy (non-hydrogen) atoms. The van der Waals surface area contributed by atoms with Gasteiger partial charge in [0.1, 0.15) is 0 Å². The van der Waals surface area contributed by atoms with Gasteiger partial charge in [0.05, 0.1) is 10.6 Å². The van der Waals surface area contributed by atoms with Gasteiger partial charge in [-0.1, -0.05) is 11.6 Å². The molecule has 2 aromatic heterocycles. The molecule has 0 bridgehead atoms. The third-order valence-corrected chi connectivity index (χ3v) is 4.12. The Balaban J connectivity index is 1.69. The number of piperazine rings is 1.